The average molecular weight is 346 g/mol. The second kappa shape index (κ2) is 6.00. The fourth-order valence-electron chi connectivity index (χ4n) is 4.97. The van der Waals surface area contributed by atoms with Crippen LogP contribution < -0.4 is 5.32 Å². The highest BCUT2D eigenvalue weighted by atomic mass is 19.1. The SMILES string of the molecule is O=C(NC1CCCc2cc(F)ccc21)N1C[C@@H]2CCC[C@@]2(C(=O)O)C1. The lowest BCUT2D eigenvalue weighted by Crippen LogP contribution is -2.43. The minimum atomic E-state index is -0.774. The van der Waals surface area contributed by atoms with Gasteiger partial charge in [-0.15, -0.1) is 0 Å². The quantitative estimate of drug-likeness (QED) is 0.864. The molecule has 134 valence electrons. The van der Waals surface area contributed by atoms with Crippen LogP contribution in [0, 0.1) is 17.2 Å². The molecular weight excluding hydrogens is 323 g/mol. The Morgan fingerprint density at radius 1 is 1.28 bits per heavy atom. The van der Waals surface area contributed by atoms with Crippen molar-refractivity contribution in [1.29, 1.82) is 0 Å². The molecule has 1 aromatic carbocycles. The summed E-state index contributed by atoms with van der Waals surface area (Å²) >= 11 is 0. The highest BCUT2D eigenvalue weighted by Crippen LogP contribution is 2.49. The van der Waals surface area contributed by atoms with Crippen LogP contribution in [0.25, 0.3) is 0 Å². The summed E-state index contributed by atoms with van der Waals surface area (Å²) in [5, 5.41) is 12.7. The largest absolute Gasteiger partial charge is 0.481 e. The van der Waals surface area contributed by atoms with E-state index in [4.69, 9.17) is 0 Å². The zero-order valence-electron chi connectivity index (χ0n) is 14.1. The summed E-state index contributed by atoms with van der Waals surface area (Å²) in [6.45, 7) is 0.808. The van der Waals surface area contributed by atoms with Gasteiger partial charge in [0.25, 0.3) is 0 Å². The van der Waals surface area contributed by atoms with Gasteiger partial charge in [0.1, 0.15) is 5.82 Å². The number of carbonyl (C=O) groups is 2. The van der Waals surface area contributed by atoms with Crippen LogP contribution in [-0.2, 0) is 11.2 Å². The first-order valence-corrected chi connectivity index (χ1v) is 9.07. The lowest BCUT2D eigenvalue weighted by Gasteiger charge is -2.29. The molecule has 5 nitrogen and oxygen atoms in total. The Kier molecular flexibility index (Phi) is 3.93. The Morgan fingerprint density at radius 2 is 2.12 bits per heavy atom. The van der Waals surface area contributed by atoms with E-state index < -0.39 is 11.4 Å². The van der Waals surface area contributed by atoms with Gasteiger partial charge in [0, 0.05) is 13.1 Å². The fraction of sp³-hybridized carbons (Fsp3) is 0.579. The van der Waals surface area contributed by atoms with Crippen molar-refractivity contribution in [2.24, 2.45) is 11.3 Å². The van der Waals surface area contributed by atoms with E-state index in [2.05, 4.69) is 5.32 Å². The molecule has 0 bridgehead atoms. The molecule has 2 fully saturated rings. The number of aliphatic carboxylic acids is 1. The zero-order valence-corrected chi connectivity index (χ0v) is 14.1. The Bertz CT molecular complexity index is 723. The summed E-state index contributed by atoms with van der Waals surface area (Å²) in [7, 11) is 0. The third-order valence-electron chi connectivity index (χ3n) is 6.30. The predicted octanol–water partition coefficient (Wildman–Crippen LogP) is 3.10. The number of hydrogen-bond acceptors (Lipinski definition) is 2. The predicted molar refractivity (Wildman–Crippen MR) is 89.6 cm³/mol. The maximum absolute atomic E-state index is 13.4. The second-order valence-corrected chi connectivity index (χ2v) is 7.67. The molecule has 1 heterocycles. The van der Waals surface area contributed by atoms with Gasteiger partial charge in [-0.05, 0) is 61.3 Å². The normalized spacial score (nSPS) is 30.7. The standard InChI is InChI=1S/C19H23FN2O3/c20-14-6-7-15-12(9-14)3-1-5-16(15)21-18(25)22-10-13-4-2-8-19(13,11-22)17(23)24/h6-7,9,13,16H,1-5,8,10-11H2,(H,21,25)(H,23,24)/t13-,16?,19+/m0/s1. The molecule has 2 N–H and O–H groups in total. The number of rotatable bonds is 2. The third-order valence-corrected chi connectivity index (χ3v) is 6.30. The number of amides is 2. The molecule has 2 amide bonds. The number of likely N-dealkylation sites (tertiary alicyclic amines) is 1. The number of nitrogens with zero attached hydrogens (tertiary/aromatic N) is 1. The number of fused-ring (bicyclic) bond motifs is 2. The van der Waals surface area contributed by atoms with E-state index in [1.807, 2.05) is 0 Å². The molecule has 0 aromatic heterocycles. The molecule has 0 radical (unpaired) electrons. The molecule has 0 spiro atoms. The summed E-state index contributed by atoms with van der Waals surface area (Å²) in [5.74, 6) is -0.964. The average Bonchev–Trinajstić information content (AvgIpc) is 3.13. The lowest BCUT2D eigenvalue weighted by molar-refractivity contribution is -0.149. The van der Waals surface area contributed by atoms with Crippen molar-refractivity contribution in [2.75, 3.05) is 13.1 Å². The number of halogens is 1. The molecule has 4 rings (SSSR count). The van der Waals surface area contributed by atoms with Crippen LogP contribution >= 0.6 is 0 Å². The van der Waals surface area contributed by atoms with Crippen LogP contribution in [0.5, 0.6) is 0 Å². The minimum Gasteiger partial charge on any atom is -0.481 e. The van der Waals surface area contributed by atoms with E-state index in [-0.39, 0.29) is 23.8 Å². The van der Waals surface area contributed by atoms with Crippen LogP contribution in [0.4, 0.5) is 9.18 Å². The lowest BCUT2D eigenvalue weighted by atomic mass is 9.81. The first kappa shape index (κ1) is 16.4. The molecule has 6 heteroatoms. The first-order valence-electron chi connectivity index (χ1n) is 9.07. The van der Waals surface area contributed by atoms with E-state index in [0.29, 0.717) is 19.5 Å². The molecule has 1 aliphatic heterocycles. The van der Waals surface area contributed by atoms with Crippen LogP contribution in [0.3, 0.4) is 0 Å². The van der Waals surface area contributed by atoms with Gasteiger partial charge in [-0.1, -0.05) is 12.5 Å². The van der Waals surface area contributed by atoms with Gasteiger partial charge < -0.3 is 15.3 Å². The number of urea groups is 1. The van der Waals surface area contributed by atoms with Crippen molar-refractivity contribution in [3.8, 4) is 0 Å². The number of carbonyl (C=O) groups excluding carboxylic acids is 1. The monoisotopic (exact) mass is 346 g/mol. The maximum Gasteiger partial charge on any atom is 0.317 e. The van der Waals surface area contributed by atoms with Gasteiger partial charge in [0.05, 0.1) is 11.5 Å². The topological polar surface area (TPSA) is 69.6 Å². The van der Waals surface area contributed by atoms with Gasteiger partial charge in [-0.2, -0.15) is 0 Å². The summed E-state index contributed by atoms with van der Waals surface area (Å²) < 4.78 is 13.4. The Balaban J connectivity index is 1.48. The molecule has 1 saturated carbocycles. The number of carboxylic acid groups (broad SMARTS) is 1. The van der Waals surface area contributed by atoms with E-state index in [9.17, 15) is 19.1 Å². The van der Waals surface area contributed by atoms with Gasteiger partial charge in [0.2, 0.25) is 0 Å². The third kappa shape index (κ3) is 2.68. The number of aryl methyl sites for hydroxylation is 1. The molecule has 25 heavy (non-hydrogen) atoms. The maximum atomic E-state index is 13.4. The zero-order chi connectivity index (χ0) is 17.6. The van der Waals surface area contributed by atoms with Crippen molar-refractivity contribution < 1.29 is 19.1 Å². The number of benzene rings is 1. The summed E-state index contributed by atoms with van der Waals surface area (Å²) in [6.07, 6.45) is 5.01. The Morgan fingerprint density at radius 3 is 2.88 bits per heavy atom. The van der Waals surface area contributed by atoms with E-state index in [1.54, 1.807) is 17.0 Å². The van der Waals surface area contributed by atoms with E-state index in [1.165, 1.54) is 6.07 Å². The summed E-state index contributed by atoms with van der Waals surface area (Å²) in [6, 6.07) is 4.41. The van der Waals surface area contributed by atoms with E-state index >= 15 is 0 Å². The van der Waals surface area contributed by atoms with Crippen LogP contribution in [0.2, 0.25) is 0 Å². The summed E-state index contributed by atoms with van der Waals surface area (Å²) in [4.78, 5) is 26.2. The van der Waals surface area contributed by atoms with Crippen molar-refractivity contribution in [1.82, 2.24) is 10.2 Å². The van der Waals surface area contributed by atoms with Crippen molar-refractivity contribution >= 4 is 12.0 Å². The van der Waals surface area contributed by atoms with Crippen LogP contribution in [-0.4, -0.2) is 35.1 Å². The highest BCUT2D eigenvalue weighted by molar-refractivity contribution is 5.80. The van der Waals surface area contributed by atoms with Gasteiger partial charge in [0.15, 0.2) is 0 Å². The minimum absolute atomic E-state index is 0.0588. The van der Waals surface area contributed by atoms with Crippen molar-refractivity contribution in [2.45, 2.75) is 44.6 Å². The highest BCUT2D eigenvalue weighted by Gasteiger charge is 2.55. The Labute approximate surface area is 146 Å². The number of hydrogen-bond donors (Lipinski definition) is 2. The molecular formula is C19H23FN2O3. The van der Waals surface area contributed by atoms with Gasteiger partial charge in [-0.25, -0.2) is 9.18 Å². The number of carboxylic acids is 1. The summed E-state index contributed by atoms with van der Waals surface area (Å²) in [5.41, 5.74) is 1.18. The van der Waals surface area contributed by atoms with Crippen molar-refractivity contribution in [3.05, 3.63) is 35.1 Å². The van der Waals surface area contributed by atoms with E-state index in [0.717, 1.165) is 43.2 Å². The van der Waals surface area contributed by atoms with Crippen LogP contribution in [0.1, 0.15) is 49.3 Å². The first-order chi connectivity index (χ1) is 12.0. The van der Waals surface area contributed by atoms with Crippen LogP contribution in [0.15, 0.2) is 18.2 Å². The fourth-order valence-corrected chi connectivity index (χ4v) is 4.97. The smallest absolute Gasteiger partial charge is 0.317 e. The van der Waals surface area contributed by atoms with Crippen molar-refractivity contribution in [3.63, 3.8) is 0 Å². The van der Waals surface area contributed by atoms with Gasteiger partial charge >= 0.3 is 12.0 Å². The Hall–Kier alpha value is -2.11. The second-order valence-electron chi connectivity index (χ2n) is 7.67. The molecule has 3 atom stereocenters. The number of nitrogens with one attached hydrogen (secondary N) is 1. The van der Waals surface area contributed by atoms with Gasteiger partial charge in [-0.3, -0.25) is 4.79 Å². The molecule has 3 aliphatic rings. The molecule has 1 saturated heterocycles. The molecule has 1 unspecified atom stereocenters. The molecule has 1 aromatic rings. The molecule has 2 aliphatic carbocycles.